The molecule has 10 nitrogen and oxygen atoms in total. The molecular formula is C28H21ClN4O6. The molecule has 0 amide bonds. The number of hydrogen-bond donors (Lipinski definition) is 0. The molecule has 0 saturated carbocycles. The zero-order valence-electron chi connectivity index (χ0n) is 20.8. The van der Waals surface area contributed by atoms with Crippen LogP contribution in [0.1, 0.15) is 0 Å². The number of rotatable bonds is 1. The standard InChI is InChI=1S/C28H21ClN2.2NO3/c1-30-23-12-6-3-9-19(23)27(20-10-4-7-13-24(20)30)28-21-11-5-8-14-25(21)31(2)26-16-15-18(29)17-22(26)28;2*2-1(3)4/h3-17H,1-2H3;;/q+2;2*-1. The number of benzene rings is 4. The van der Waals surface area contributed by atoms with Crippen LogP contribution in [0.3, 0.4) is 0 Å². The van der Waals surface area contributed by atoms with E-state index in [4.69, 9.17) is 42.2 Å². The van der Waals surface area contributed by atoms with E-state index >= 15 is 0 Å². The van der Waals surface area contributed by atoms with Crippen LogP contribution in [0, 0.1) is 30.6 Å². The molecule has 0 aliphatic rings. The lowest BCUT2D eigenvalue weighted by Crippen LogP contribution is -2.31. The summed E-state index contributed by atoms with van der Waals surface area (Å²) >= 11 is 6.53. The highest BCUT2D eigenvalue weighted by Gasteiger charge is 2.25. The number of para-hydroxylation sites is 3. The number of halogens is 1. The highest BCUT2D eigenvalue weighted by Crippen LogP contribution is 2.41. The summed E-state index contributed by atoms with van der Waals surface area (Å²) in [5.41, 5.74) is 7.29. The summed E-state index contributed by atoms with van der Waals surface area (Å²) in [6.45, 7) is 0. The first-order chi connectivity index (χ1) is 18.6. The quantitative estimate of drug-likeness (QED) is 0.111. The highest BCUT2D eigenvalue weighted by molar-refractivity contribution is 6.32. The van der Waals surface area contributed by atoms with Crippen molar-refractivity contribution in [1.82, 2.24) is 0 Å². The van der Waals surface area contributed by atoms with Gasteiger partial charge in [-0.2, -0.15) is 9.13 Å². The van der Waals surface area contributed by atoms with Crippen molar-refractivity contribution in [3.05, 3.63) is 127 Å². The van der Waals surface area contributed by atoms with Crippen LogP contribution < -0.4 is 9.13 Å². The van der Waals surface area contributed by atoms with Crippen LogP contribution in [0.2, 0.25) is 5.02 Å². The number of aromatic nitrogens is 2. The molecule has 2 heterocycles. The fourth-order valence-electron chi connectivity index (χ4n) is 5.02. The Morgan fingerprint density at radius 3 is 1.23 bits per heavy atom. The second-order valence-corrected chi connectivity index (χ2v) is 8.96. The van der Waals surface area contributed by atoms with E-state index in [0.29, 0.717) is 0 Å². The Kier molecular flexibility index (Phi) is 7.68. The lowest BCUT2D eigenvalue weighted by molar-refractivity contribution is -0.617. The molecule has 0 bridgehead atoms. The summed E-state index contributed by atoms with van der Waals surface area (Å²) in [6.07, 6.45) is 0. The third-order valence-electron chi connectivity index (χ3n) is 6.44. The van der Waals surface area contributed by atoms with Crippen LogP contribution >= 0.6 is 11.6 Å². The maximum atomic E-state index is 8.25. The first-order valence-corrected chi connectivity index (χ1v) is 11.9. The van der Waals surface area contributed by atoms with Gasteiger partial charge in [-0.25, -0.2) is 0 Å². The Bertz CT molecular complexity index is 1820. The van der Waals surface area contributed by atoms with Crippen molar-refractivity contribution in [3.63, 3.8) is 0 Å². The molecular weight excluding hydrogens is 524 g/mol. The van der Waals surface area contributed by atoms with Crippen LogP contribution in [0.25, 0.3) is 54.7 Å². The number of nitrogens with zero attached hydrogens (tertiary/aromatic N) is 4. The SMILES string of the molecule is C[n+]1c2ccccc2c(-c2c3ccccc3[n+](C)c3ccc(Cl)cc23)c2ccccc21.O=[N+]([O-])[O-].O=[N+]([O-])[O-]. The predicted octanol–water partition coefficient (Wildman–Crippen LogP) is 5.79. The van der Waals surface area contributed by atoms with Gasteiger partial charge in [-0.3, -0.25) is 0 Å². The van der Waals surface area contributed by atoms with E-state index in [1.54, 1.807) is 0 Å². The second-order valence-electron chi connectivity index (χ2n) is 8.53. The average Bonchev–Trinajstić information content (AvgIpc) is 2.90. The monoisotopic (exact) mass is 544 g/mol. The lowest BCUT2D eigenvalue weighted by Gasteiger charge is -2.15. The first-order valence-electron chi connectivity index (χ1n) is 11.5. The van der Waals surface area contributed by atoms with Crippen molar-refractivity contribution in [2.45, 2.75) is 0 Å². The molecule has 0 unspecified atom stereocenters. The molecule has 2 aromatic heterocycles. The number of pyridine rings is 2. The maximum absolute atomic E-state index is 8.25. The minimum atomic E-state index is -1.75. The summed E-state index contributed by atoms with van der Waals surface area (Å²) in [5.74, 6) is 0. The molecule has 6 rings (SSSR count). The van der Waals surface area contributed by atoms with Crippen molar-refractivity contribution < 1.29 is 19.3 Å². The Morgan fingerprint density at radius 2 is 0.846 bits per heavy atom. The van der Waals surface area contributed by atoms with E-state index in [9.17, 15) is 0 Å². The number of fused-ring (bicyclic) bond motifs is 4. The molecule has 39 heavy (non-hydrogen) atoms. The molecule has 0 aliphatic carbocycles. The smallest absolute Gasteiger partial charge is 0.213 e. The number of hydrogen-bond acceptors (Lipinski definition) is 6. The minimum Gasteiger partial charge on any atom is -0.356 e. The Labute approximate surface area is 226 Å². The van der Waals surface area contributed by atoms with Gasteiger partial charge in [-0.05, 0) is 30.3 Å². The van der Waals surface area contributed by atoms with E-state index in [2.05, 4.69) is 108 Å². The van der Waals surface area contributed by atoms with Gasteiger partial charge in [0.05, 0.1) is 31.7 Å². The van der Waals surface area contributed by atoms with Gasteiger partial charge in [0, 0.05) is 40.4 Å². The zero-order valence-corrected chi connectivity index (χ0v) is 21.5. The Hall–Kier alpha value is -5.09. The summed E-state index contributed by atoms with van der Waals surface area (Å²) < 4.78 is 4.55. The van der Waals surface area contributed by atoms with Crippen molar-refractivity contribution in [3.8, 4) is 11.1 Å². The fraction of sp³-hybridized carbons (Fsp3) is 0.0714. The summed E-state index contributed by atoms with van der Waals surface area (Å²) in [5, 5.41) is 35.1. The van der Waals surface area contributed by atoms with Crippen LogP contribution in [0.5, 0.6) is 0 Å². The molecule has 4 aromatic carbocycles. The van der Waals surface area contributed by atoms with Crippen molar-refractivity contribution >= 4 is 55.2 Å². The molecule has 0 fully saturated rings. The van der Waals surface area contributed by atoms with E-state index in [1.165, 1.54) is 49.4 Å². The molecule has 0 N–H and O–H groups in total. The van der Waals surface area contributed by atoms with Crippen LogP contribution in [0.4, 0.5) is 0 Å². The fourth-order valence-corrected chi connectivity index (χ4v) is 5.19. The number of aryl methyl sites for hydroxylation is 2. The van der Waals surface area contributed by atoms with Gasteiger partial charge in [-0.15, -0.1) is 0 Å². The van der Waals surface area contributed by atoms with Gasteiger partial charge in [0.2, 0.25) is 22.1 Å². The van der Waals surface area contributed by atoms with E-state index in [-0.39, 0.29) is 0 Å². The van der Waals surface area contributed by atoms with Gasteiger partial charge < -0.3 is 30.6 Å². The summed E-state index contributed by atoms with van der Waals surface area (Å²) in [6, 6.07) is 32.2. The first kappa shape index (κ1) is 27.0. The van der Waals surface area contributed by atoms with Crippen LogP contribution in [-0.2, 0) is 14.1 Å². The van der Waals surface area contributed by atoms with Crippen molar-refractivity contribution in [1.29, 1.82) is 0 Å². The summed E-state index contributed by atoms with van der Waals surface area (Å²) in [7, 11) is 4.27. The van der Waals surface area contributed by atoms with Gasteiger partial charge >= 0.3 is 0 Å². The van der Waals surface area contributed by atoms with Gasteiger partial charge in [-0.1, -0.05) is 48.0 Å². The van der Waals surface area contributed by atoms with Gasteiger partial charge in [0.1, 0.15) is 14.1 Å². The predicted molar refractivity (Wildman–Crippen MR) is 150 cm³/mol. The summed E-state index contributed by atoms with van der Waals surface area (Å²) in [4.78, 5) is 16.5. The average molecular weight is 545 g/mol. The minimum absolute atomic E-state index is 0.749. The largest absolute Gasteiger partial charge is 0.356 e. The van der Waals surface area contributed by atoms with Gasteiger partial charge in [0.15, 0.2) is 0 Å². The van der Waals surface area contributed by atoms with E-state index in [1.807, 2.05) is 6.07 Å². The highest BCUT2D eigenvalue weighted by atomic mass is 35.5. The van der Waals surface area contributed by atoms with Gasteiger partial charge in [0.25, 0.3) is 0 Å². The molecule has 6 aromatic rings. The second kappa shape index (κ2) is 11.1. The molecule has 196 valence electrons. The molecule has 11 heteroatoms. The van der Waals surface area contributed by atoms with Crippen molar-refractivity contribution in [2.24, 2.45) is 14.1 Å². The van der Waals surface area contributed by atoms with E-state index < -0.39 is 10.2 Å². The molecule has 0 atom stereocenters. The van der Waals surface area contributed by atoms with Crippen LogP contribution in [-0.4, -0.2) is 10.2 Å². The molecule has 0 saturated heterocycles. The molecule has 0 radical (unpaired) electrons. The Morgan fingerprint density at radius 1 is 0.538 bits per heavy atom. The normalized spacial score (nSPS) is 10.5. The zero-order chi connectivity index (χ0) is 28.3. The van der Waals surface area contributed by atoms with Crippen molar-refractivity contribution in [2.75, 3.05) is 0 Å². The van der Waals surface area contributed by atoms with Crippen LogP contribution in [0.15, 0.2) is 91.0 Å². The van der Waals surface area contributed by atoms with E-state index in [0.717, 1.165) is 10.4 Å². The topological polar surface area (TPSA) is 140 Å². The molecule has 0 aliphatic heterocycles. The molecule has 0 spiro atoms. The maximum Gasteiger partial charge on any atom is 0.213 e. The lowest BCUT2D eigenvalue weighted by atomic mass is 9.90. The Balaban J connectivity index is 0.000000392. The third kappa shape index (κ3) is 5.32. The third-order valence-corrected chi connectivity index (χ3v) is 6.68.